The zero-order chi connectivity index (χ0) is 30.1. The van der Waals surface area contributed by atoms with Crippen LogP contribution in [0.4, 0.5) is 22.9 Å². The van der Waals surface area contributed by atoms with Gasteiger partial charge in [0.25, 0.3) is 5.91 Å². The number of benzene rings is 3. The molecule has 3 heterocycles. The molecule has 6 rings (SSSR count). The lowest BCUT2D eigenvalue weighted by atomic mass is 9.87. The van der Waals surface area contributed by atoms with E-state index in [1.807, 2.05) is 65.3 Å². The second kappa shape index (κ2) is 11.5. The number of anilines is 4. The first-order chi connectivity index (χ1) is 20.6. The Balaban J connectivity index is 1.21. The Morgan fingerprint density at radius 2 is 1.65 bits per heavy atom. The zero-order valence-corrected chi connectivity index (χ0v) is 25.4. The van der Waals surface area contributed by atoms with Crippen molar-refractivity contribution in [3.63, 3.8) is 0 Å². The third kappa shape index (κ3) is 6.39. The Bertz CT molecular complexity index is 1730. The summed E-state index contributed by atoms with van der Waals surface area (Å²) in [6.45, 7) is 12.9. The summed E-state index contributed by atoms with van der Waals surface area (Å²) in [5.41, 5.74) is 7.08. The van der Waals surface area contributed by atoms with Crippen LogP contribution >= 0.6 is 0 Å². The van der Waals surface area contributed by atoms with Crippen LogP contribution in [-0.4, -0.2) is 45.4 Å². The summed E-state index contributed by atoms with van der Waals surface area (Å²) < 4.78 is 1.96. The van der Waals surface area contributed by atoms with Crippen molar-refractivity contribution in [1.29, 1.82) is 0 Å². The molecule has 2 aromatic heterocycles. The quantitative estimate of drug-likeness (QED) is 0.205. The van der Waals surface area contributed by atoms with Crippen LogP contribution in [0.2, 0.25) is 0 Å². The highest BCUT2D eigenvalue weighted by atomic mass is 16.1. The van der Waals surface area contributed by atoms with Crippen molar-refractivity contribution in [3.05, 3.63) is 103 Å². The van der Waals surface area contributed by atoms with Crippen molar-refractivity contribution in [2.45, 2.75) is 52.1 Å². The van der Waals surface area contributed by atoms with E-state index in [0.29, 0.717) is 29.2 Å². The molecule has 2 atom stereocenters. The normalized spacial score (nSPS) is 17.2. The van der Waals surface area contributed by atoms with E-state index >= 15 is 0 Å². The number of hydrogen-bond donors (Lipinski definition) is 3. The lowest BCUT2D eigenvalue weighted by Crippen LogP contribution is -2.54. The zero-order valence-electron chi connectivity index (χ0n) is 25.4. The molecule has 3 N–H and O–H groups in total. The number of piperazine rings is 1. The lowest BCUT2D eigenvalue weighted by molar-refractivity contribution is 0.102. The minimum Gasteiger partial charge on any atom is -0.368 e. The minimum atomic E-state index is -0.147. The molecular formula is C35H39N7O. The minimum absolute atomic E-state index is 0.0342. The molecular weight excluding hydrogens is 534 g/mol. The fraction of sp³-hybridized carbons (Fsp3) is 0.286. The van der Waals surface area contributed by atoms with Gasteiger partial charge in [-0.1, -0.05) is 45.0 Å². The number of nitrogens with one attached hydrogen (secondary N) is 3. The predicted octanol–water partition coefficient (Wildman–Crippen LogP) is 6.88. The van der Waals surface area contributed by atoms with Gasteiger partial charge in [0.15, 0.2) is 11.5 Å². The Kier molecular flexibility index (Phi) is 7.62. The number of fused-ring (bicyclic) bond motifs is 1. The second-order valence-corrected chi connectivity index (χ2v) is 12.5. The molecule has 0 radical (unpaired) electrons. The summed E-state index contributed by atoms with van der Waals surface area (Å²) in [6, 6.07) is 24.9. The van der Waals surface area contributed by atoms with E-state index < -0.39 is 0 Å². The molecule has 8 nitrogen and oxygen atoms in total. The number of hydrogen-bond acceptors (Lipinski definition) is 6. The molecule has 0 aliphatic carbocycles. The van der Waals surface area contributed by atoms with Crippen LogP contribution in [0.3, 0.4) is 0 Å². The van der Waals surface area contributed by atoms with Crippen LogP contribution in [0.25, 0.3) is 16.9 Å². The van der Waals surface area contributed by atoms with Crippen LogP contribution in [0.1, 0.15) is 50.5 Å². The number of aromatic nitrogens is 3. The molecule has 1 amide bonds. The highest BCUT2D eigenvalue weighted by Gasteiger charge is 2.21. The third-order valence-electron chi connectivity index (χ3n) is 7.86. The molecule has 3 aromatic carbocycles. The first-order valence-corrected chi connectivity index (χ1v) is 14.9. The maximum Gasteiger partial charge on any atom is 0.255 e. The average molecular weight is 574 g/mol. The topological polar surface area (TPSA) is 86.6 Å². The van der Waals surface area contributed by atoms with Gasteiger partial charge in [0.1, 0.15) is 0 Å². The van der Waals surface area contributed by atoms with Gasteiger partial charge in [-0.3, -0.25) is 4.79 Å². The maximum absolute atomic E-state index is 13.0. The number of nitrogens with zero attached hydrogens (tertiary/aromatic N) is 4. The first kappa shape index (κ1) is 28.4. The molecule has 1 aliphatic rings. The summed E-state index contributed by atoms with van der Waals surface area (Å²) in [4.78, 5) is 24.9. The van der Waals surface area contributed by atoms with Crippen LogP contribution in [0.5, 0.6) is 0 Å². The standard InChI is InChI=1S/C35H39N7O/c1-23-20-42(21-24(2)37-23)30-15-13-28(14-16-30)38-32-33-36-17-18-41(33)22-31(40-32)26-7-6-8-29(19-26)39-34(43)25-9-11-27(12-10-25)35(3,4)5/h6-19,22-24,37H,20-21H2,1-5H3,(H,38,40)(H,39,43). The van der Waals surface area contributed by atoms with Gasteiger partial charge in [0.05, 0.1) is 5.69 Å². The Morgan fingerprint density at radius 1 is 0.930 bits per heavy atom. The molecule has 0 spiro atoms. The van der Waals surface area contributed by atoms with Crippen LogP contribution in [0.15, 0.2) is 91.4 Å². The van der Waals surface area contributed by atoms with Gasteiger partial charge in [0.2, 0.25) is 0 Å². The molecule has 2 unspecified atom stereocenters. The Morgan fingerprint density at radius 3 is 2.35 bits per heavy atom. The van der Waals surface area contributed by atoms with Crippen molar-refractivity contribution in [1.82, 2.24) is 19.7 Å². The molecule has 1 saturated heterocycles. The summed E-state index contributed by atoms with van der Waals surface area (Å²) in [5.74, 6) is 0.513. The van der Waals surface area contributed by atoms with Gasteiger partial charge in [-0.15, -0.1) is 0 Å². The number of carbonyl (C=O) groups excluding carboxylic acids is 1. The molecule has 220 valence electrons. The van der Waals surface area contributed by atoms with E-state index in [1.54, 1.807) is 6.20 Å². The molecule has 0 bridgehead atoms. The van der Waals surface area contributed by atoms with Crippen molar-refractivity contribution in [2.75, 3.05) is 28.6 Å². The summed E-state index contributed by atoms with van der Waals surface area (Å²) >= 11 is 0. The van der Waals surface area contributed by atoms with Gasteiger partial charge in [-0.25, -0.2) is 9.97 Å². The van der Waals surface area contributed by atoms with E-state index in [-0.39, 0.29) is 11.3 Å². The molecule has 0 saturated carbocycles. The number of rotatable bonds is 6. The molecule has 8 heteroatoms. The molecule has 1 fully saturated rings. The van der Waals surface area contributed by atoms with Crippen molar-refractivity contribution in [2.24, 2.45) is 0 Å². The largest absolute Gasteiger partial charge is 0.368 e. The first-order valence-electron chi connectivity index (χ1n) is 14.9. The van der Waals surface area contributed by atoms with Gasteiger partial charge >= 0.3 is 0 Å². The Hall–Kier alpha value is -4.69. The van der Waals surface area contributed by atoms with E-state index in [9.17, 15) is 4.79 Å². The third-order valence-corrected chi connectivity index (χ3v) is 7.86. The van der Waals surface area contributed by atoms with Crippen molar-refractivity contribution < 1.29 is 4.79 Å². The van der Waals surface area contributed by atoms with Crippen LogP contribution < -0.4 is 20.9 Å². The molecule has 1 aliphatic heterocycles. The van der Waals surface area contributed by atoms with E-state index in [1.165, 1.54) is 11.3 Å². The van der Waals surface area contributed by atoms with E-state index in [0.717, 1.165) is 35.7 Å². The van der Waals surface area contributed by atoms with Gasteiger partial charge < -0.3 is 25.3 Å². The van der Waals surface area contributed by atoms with Gasteiger partial charge in [0, 0.05) is 72.0 Å². The highest BCUT2D eigenvalue weighted by Crippen LogP contribution is 2.28. The number of amides is 1. The Labute approximate surface area is 253 Å². The predicted molar refractivity (Wildman–Crippen MR) is 176 cm³/mol. The van der Waals surface area contributed by atoms with Gasteiger partial charge in [-0.05, 0) is 73.4 Å². The number of imidazole rings is 1. The fourth-order valence-corrected chi connectivity index (χ4v) is 5.67. The van der Waals surface area contributed by atoms with E-state index in [4.69, 9.17) is 4.98 Å². The second-order valence-electron chi connectivity index (χ2n) is 12.5. The summed E-state index contributed by atoms with van der Waals surface area (Å²) in [6.07, 6.45) is 5.63. The highest BCUT2D eigenvalue weighted by molar-refractivity contribution is 6.04. The fourth-order valence-electron chi connectivity index (χ4n) is 5.67. The SMILES string of the molecule is CC1CN(c2ccc(Nc3nc(-c4cccc(NC(=O)c5ccc(C(C)(C)C)cc5)c4)cn4ccnc34)cc2)CC(C)N1. The molecule has 5 aromatic rings. The van der Waals surface area contributed by atoms with Crippen molar-refractivity contribution in [3.8, 4) is 11.3 Å². The average Bonchev–Trinajstić information content (AvgIpc) is 3.46. The van der Waals surface area contributed by atoms with Crippen LogP contribution in [0, 0.1) is 0 Å². The summed E-state index contributed by atoms with van der Waals surface area (Å²) in [5, 5.41) is 10.1. The maximum atomic E-state index is 13.0. The number of carbonyl (C=O) groups is 1. The van der Waals surface area contributed by atoms with Crippen molar-refractivity contribution >= 4 is 34.4 Å². The monoisotopic (exact) mass is 573 g/mol. The molecule has 43 heavy (non-hydrogen) atoms. The summed E-state index contributed by atoms with van der Waals surface area (Å²) in [7, 11) is 0. The van der Waals surface area contributed by atoms with Gasteiger partial charge in [-0.2, -0.15) is 0 Å². The van der Waals surface area contributed by atoms with E-state index in [2.05, 4.69) is 84.7 Å². The smallest absolute Gasteiger partial charge is 0.255 e. The lowest BCUT2D eigenvalue weighted by Gasteiger charge is -2.37. The van der Waals surface area contributed by atoms with Crippen LogP contribution in [-0.2, 0) is 5.41 Å².